The maximum absolute atomic E-state index is 12.1. The van der Waals surface area contributed by atoms with E-state index >= 15 is 0 Å². The second-order valence-corrected chi connectivity index (χ2v) is 5.87. The molecule has 21 heavy (non-hydrogen) atoms. The van der Waals surface area contributed by atoms with Gasteiger partial charge in [-0.15, -0.1) is 0 Å². The van der Waals surface area contributed by atoms with Gasteiger partial charge in [0.2, 0.25) is 0 Å². The lowest BCUT2D eigenvalue weighted by Crippen LogP contribution is -2.52. The van der Waals surface area contributed by atoms with Gasteiger partial charge >= 0.3 is 6.03 Å². The molecule has 1 saturated heterocycles. The van der Waals surface area contributed by atoms with Crippen LogP contribution in [-0.4, -0.2) is 55.1 Å². The van der Waals surface area contributed by atoms with Crippen LogP contribution in [0.4, 0.5) is 4.79 Å². The fraction of sp³-hybridized carbons (Fsp3) is 0.562. The van der Waals surface area contributed by atoms with Crippen LogP contribution < -0.4 is 5.32 Å². The largest absolute Gasteiger partial charge is 0.338 e. The van der Waals surface area contributed by atoms with E-state index in [0.29, 0.717) is 6.54 Å². The van der Waals surface area contributed by atoms with E-state index in [2.05, 4.69) is 17.1 Å². The first-order valence-electron chi connectivity index (χ1n) is 7.68. The molecular formula is C16H24ClN3O. The number of benzene rings is 1. The predicted octanol–water partition coefficient (Wildman–Crippen LogP) is 2.62. The third kappa shape index (κ3) is 5.21. The lowest BCUT2D eigenvalue weighted by molar-refractivity contribution is 0.139. The highest BCUT2D eigenvalue weighted by Gasteiger charge is 2.19. The summed E-state index contributed by atoms with van der Waals surface area (Å²) in [5, 5.41) is 3.74. The lowest BCUT2D eigenvalue weighted by atomic mass is 10.1. The molecule has 5 heteroatoms. The van der Waals surface area contributed by atoms with Gasteiger partial charge in [0.25, 0.3) is 0 Å². The highest BCUT2D eigenvalue weighted by molar-refractivity contribution is 6.30. The van der Waals surface area contributed by atoms with Crippen LogP contribution in [0.15, 0.2) is 24.3 Å². The molecule has 1 N–H and O–H groups in total. The van der Waals surface area contributed by atoms with Crippen LogP contribution in [0.25, 0.3) is 0 Å². The summed E-state index contributed by atoms with van der Waals surface area (Å²) in [6.07, 6.45) is 2.01. The molecule has 2 rings (SSSR count). The smallest absolute Gasteiger partial charge is 0.317 e. The minimum Gasteiger partial charge on any atom is -0.338 e. The molecule has 0 bridgehead atoms. The van der Waals surface area contributed by atoms with E-state index in [1.54, 1.807) is 0 Å². The highest BCUT2D eigenvalue weighted by atomic mass is 35.5. The van der Waals surface area contributed by atoms with Crippen molar-refractivity contribution in [3.05, 3.63) is 34.9 Å². The van der Waals surface area contributed by atoms with Crippen molar-refractivity contribution in [3.8, 4) is 0 Å². The Labute approximate surface area is 132 Å². The van der Waals surface area contributed by atoms with Crippen molar-refractivity contribution in [1.29, 1.82) is 0 Å². The summed E-state index contributed by atoms with van der Waals surface area (Å²) >= 11 is 5.85. The van der Waals surface area contributed by atoms with Crippen molar-refractivity contribution in [1.82, 2.24) is 15.1 Å². The second kappa shape index (κ2) is 8.25. The first-order chi connectivity index (χ1) is 10.2. The van der Waals surface area contributed by atoms with Crippen molar-refractivity contribution in [3.63, 3.8) is 0 Å². The molecule has 0 spiro atoms. The van der Waals surface area contributed by atoms with Crippen LogP contribution in [0.5, 0.6) is 0 Å². The fourth-order valence-electron chi connectivity index (χ4n) is 2.57. The highest BCUT2D eigenvalue weighted by Crippen LogP contribution is 2.09. The lowest BCUT2D eigenvalue weighted by Gasteiger charge is -2.34. The molecule has 0 unspecified atom stereocenters. The molecule has 1 fully saturated rings. The maximum atomic E-state index is 12.1. The molecule has 0 atom stereocenters. The van der Waals surface area contributed by atoms with Crippen LogP contribution in [0, 0.1) is 0 Å². The second-order valence-electron chi connectivity index (χ2n) is 5.44. The molecule has 1 aromatic rings. The molecular weight excluding hydrogens is 286 g/mol. The Bertz CT molecular complexity index is 441. The molecule has 1 aliphatic heterocycles. The number of hydrogen-bond donors (Lipinski definition) is 1. The van der Waals surface area contributed by atoms with Gasteiger partial charge in [-0.25, -0.2) is 4.79 Å². The third-order valence-electron chi connectivity index (χ3n) is 3.80. The average molecular weight is 310 g/mol. The average Bonchev–Trinajstić information content (AvgIpc) is 2.50. The van der Waals surface area contributed by atoms with Gasteiger partial charge in [0.05, 0.1) is 0 Å². The Hall–Kier alpha value is -1.26. The van der Waals surface area contributed by atoms with Crippen molar-refractivity contribution in [2.75, 3.05) is 39.3 Å². The normalized spacial score (nSPS) is 16.0. The van der Waals surface area contributed by atoms with E-state index in [0.717, 1.165) is 44.2 Å². The van der Waals surface area contributed by atoms with Gasteiger partial charge in [-0.2, -0.15) is 0 Å². The number of piperazine rings is 1. The zero-order chi connectivity index (χ0) is 15.1. The zero-order valence-corrected chi connectivity index (χ0v) is 13.4. The Morgan fingerprint density at radius 1 is 1.19 bits per heavy atom. The van der Waals surface area contributed by atoms with E-state index in [4.69, 9.17) is 11.6 Å². The van der Waals surface area contributed by atoms with E-state index < -0.39 is 0 Å². The van der Waals surface area contributed by atoms with E-state index in [9.17, 15) is 4.79 Å². The molecule has 4 nitrogen and oxygen atoms in total. The topological polar surface area (TPSA) is 35.6 Å². The molecule has 2 amide bonds. The Kier molecular flexibility index (Phi) is 6.33. The monoisotopic (exact) mass is 309 g/mol. The van der Waals surface area contributed by atoms with Gasteiger partial charge in [0.15, 0.2) is 0 Å². The van der Waals surface area contributed by atoms with Crippen LogP contribution in [0.3, 0.4) is 0 Å². The SMILES string of the molecule is CCCN1CCN(C(=O)NCCc2ccc(Cl)cc2)CC1. The standard InChI is InChI=1S/C16H24ClN3O/c1-2-9-19-10-12-20(13-11-19)16(21)18-8-7-14-3-5-15(17)6-4-14/h3-6H,2,7-13H2,1H3,(H,18,21). The summed E-state index contributed by atoms with van der Waals surface area (Å²) in [5.74, 6) is 0. The summed E-state index contributed by atoms with van der Waals surface area (Å²) in [7, 11) is 0. The summed E-state index contributed by atoms with van der Waals surface area (Å²) in [6, 6.07) is 7.81. The number of urea groups is 1. The molecule has 116 valence electrons. The predicted molar refractivity (Wildman–Crippen MR) is 86.9 cm³/mol. The summed E-state index contributed by atoms with van der Waals surface area (Å²) < 4.78 is 0. The van der Waals surface area contributed by atoms with Crippen LogP contribution in [-0.2, 0) is 6.42 Å². The first-order valence-corrected chi connectivity index (χ1v) is 8.06. The van der Waals surface area contributed by atoms with Crippen molar-refractivity contribution >= 4 is 17.6 Å². The van der Waals surface area contributed by atoms with E-state index in [1.807, 2.05) is 29.2 Å². The quantitative estimate of drug-likeness (QED) is 0.907. The Morgan fingerprint density at radius 2 is 1.86 bits per heavy atom. The number of hydrogen-bond acceptors (Lipinski definition) is 2. The number of halogens is 1. The van der Waals surface area contributed by atoms with Gasteiger partial charge in [-0.1, -0.05) is 30.7 Å². The molecule has 0 saturated carbocycles. The van der Waals surface area contributed by atoms with Crippen LogP contribution in [0.2, 0.25) is 5.02 Å². The van der Waals surface area contributed by atoms with Crippen molar-refractivity contribution < 1.29 is 4.79 Å². The molecule has 1 heterocycles. The number of rotatable bonds is 5. The van der Waals surface area contributed by atoms with E-state index in [-0.39, 0.29) is 6.03 Å². The number of nitrogens with one attached hydrogen (secondary N) is 1. The first kappa shape index (κ1) is 16.1. The van der Waals surface area contributed by atoms with Gasteiger partial charge < -0.3 is 10.2 Å². The molecule has 0 aromatic heterocycles. The number of carbonyl (C=O) groups is 1. The molecule has 0 aliphatic carbocycles. The zero-order valence-electron chi connectivity index (χ0n) is 12.6. The van der Waals surface area contributed by atoms with Crippen LogP contribution >= 0.6 is 11.6 Å². The van der Waals surface area contributed by atoms with Gasteiger partial charge in [-0.05, 0) is 37.1 Å². The Balaban J connectivity index is 1.67. The van der Waals surface area contributed by atoms with Crippen molar-refractivity contribution in [2.24, 2.45) is 0 Å². The number of carbonyl (C=O) groups excluding carboxylic acids is 1. The van der Waals surface area contributed by atoms with Gasteiger partial charge in [0, 0.05) is 37.7 Å². The van der Waals surface area contributed by atoms with E-state index in [1.165, 1.54) is 12.0 Å². The summed E-state index contributed by atoms with van der Waals surface area (Å²) in [5.41, 5.74) is 1.19. The van der Waals surface area contributed by atoms with Gasteiger partial charge in [0.1, 0.15) is 0 Å². The maximum Gasteiger partial charge on any atom is 0.317 e. The molecule has 1 aliphatic rings. The summed E-state index contributed by atoms with van der Waals surface area (Å²) in [4.78, 5) is 16.4. The number of nitrogens with zero attached hydrogens (tertiary/aromatic N) is 2. The van der Waals surface area contributed by atoms with Crippen LogP contribution in [0.1, 0.15) is 18.9 Å². The van der Waals surface area contributed by atoms with Gasteiger partial charge in [-0.3, -0.25) is 4.90 Å². The molecule has 1 aromatic carbocycles. The van der Waals surface area contributed by atoms with Crippen molar-refractivity contribution in [2.45, 2.75) is 19.8 Å². The minimum absolute atomic E-state index is 0.0557. The minimum atomic E-state index is 0.0557. The molecule has 0 radical (unpaired) electrons. The summed E-state index contributed by atoms with van der Waals surface area (Å²) in [6.45, 7) is 7.61. The Morgan fingerprint density at radius 3 is 2.48 bits per heavy atom. The fourth-order valence-corrected chi connectivity index (χ4v) is 2.69. The number of amides is 2. The third-order valence-corrected chi connectivity index (χ3v) is 4.05.